The van der Waals surface area contributed by atoms with Gasteiger partial charge in [0.15, 0.2) is 4.96 Å². The van der Waals surface area contributed by atoms with E-state index in [1.807, 2.05) is 16.0 Å². The Morgan fingerprint density at radius 1 is 1.58 bits per heavy atom. The molecule has 0 aliphatic carbocycles. The SMILES string of the molecule is COCCN(CCC(N)=S)Cc1cn2ccsc2n1. The van der Waals surface area contributed by atoms with E-state index in [-0.39, 0.29) is 0 Å². The molecular formula is C12H18N4OS2. The molecule has 2 aromatic rings. The highest BCUT2D eigenvalue weighted by Crippen LogP contribution is 2.13. The highest BCUT2D eigenvalue weighted by Gasteiger charge is 2.10. The van der Waals surface area contributed by atoms with E-state index in [1.165, 1.54) is 0 Å². The molecule has 2 rings (SSSR count). The summed E-state index contributed by atoms with van der Waals surface area (Å²) in [6.07, 6.45) is 4.80. The van der Waals surface area contributed by atoms with Crippen molar-refractivity contribution in [1.82, 2.24) is 14.3 Å². The Labute approximate surface area is 122 Å². The van der Waals surface area contributed by atoms with Crippen LogP contribution in [0.2, 0.25) is 0 Å². The van der Waals surface area contributed by atoms with Crippen LogP contribution in [0.4, 0.5) is 0 Å². The van der Waals surface area contributed by atoms with Crippen molar-refractivity contribution in [3.05, 3.63) is 23.5 Å². The highest BCUT2D eigenvalue weighted by molar-refractivity contribution is 7.80. The van der Waals surface area contributed by atoms with Gasteiger partial charge in [-0.1, -0.05) is 12.2 Å². The van der Waals surface area contributed by atoms with Crippen LogP contribution in [-0.2, 0) is 11.3 Å². The number of fused-ring (bicyclic) bond motifs is 1. The number of hydrogen-bond donors (Lipinski definition) is 1. The summed E-state index contributed by atoms with van der Waals surface area (Å²) in [4.78, 5) is 8.42. The fraction of sp³-hybridized carbons (Fsp3) is 0.500. The molecule has 19 heavy (non-hydrogen) atoms. The summed E-state index contributed by atoms with van der Waals surface area (Å²) < 4.78 is 7.18. The maximum atomic E-state index is 5.56. The first kappa shape index (κ1) is 14.4. The second kappa shape index (κ2) is 6.95. The van der Waals surface area contributed by atoms with Crippen molar-refractivity contribution >= 4 is 33.5 Å². The quantitative estimate of drug-likeness (QED) is 0.749. The van der Waals surface area contributed by atoms with Crippen LogP contribution < -0.4 is 5.73 Å². The first-order valence-electron chi connectivity index (χ1n) is 6.09. The predicted octanol–water partition coefficient (Wildman–Crippen LogP) is 1.52. The van der Waals surface area contributed by atoms with Crippen LogP contribution in [0.3, 0.4) is 0 Å². The van der Waals surface area contributed by atoms with Gasteiger partial charge in [-0.3, -0.25) is 9.30 Å². The number of thiazole rings is 1. The molecule has 0 saturated heterocycles. The van der Waals surface area contributed by atoms with E-state index in [0.717, 1.165) is 36.7 Å². The lowest BCUT2D eigenvalue weighted by Crippen LogP contribution is -2.30. The summed E-state index contributed by atoms with van der Waals surface area (Å²) >= 11 is 6.57. The molecule has 0 spiro atoms. The van der Waals surface area contributed by atoms with Gasteiger partial charge in [-0.15, -0.1) is 11.3 Å². The zero-order chi connectivity index (χ0) is 13.7. The zero-order valence-corrected chi connectivity index (χ0v) is 12.5. The maximum absolute atomic E-state index is 5.56. The van der Waals surface area contributed by atoms with Crippen molar-refractivity contribution in [3.8, 4) is 0 Å². The standard InChI is InChI=1S/C12H18N4OS2/c1-17-6-4-15(3-2-11(13)18)8-10-9-16-5-7-19-12(16)14-10/h5,7,9H,2-4,6,8H2,1H3,(H2,13,18). The van der Waals surface area contributed by atoms with Crippen LogP contribution in [0.5, 0.6) is 0 Å². The Morgan fingerprint density at radius 2 is 2.42 bits per heavy atom. The Bertz CT molecular complexity index is 508. The molecular weight excluding hydrogens is 280 g/mol. The van der Waals surface area contributed by atoms with Crippen LogP contribution in [-0.4, -0.2) is 46.1 Å². The Hall–Kier alpha value is -1.02. The number of aromatic nitrogens is 2. The van der Waals surface area contributed by atoms with Crippen molar-refractivity contribution in [3.63, 3.8) is 0 Å². The number of nitrogens with zero attached hydrogens (tertiary/aromatic N) is 3. The van der Waals surface area contributed by atoms with Crippen LogP contribution in [0, 0.1) is 0 Å². The average Bonchev–Trinajstić information content (AvgIpc) is 2.93. The summed E-state index contributed by atoms with van der Waals surface area (Å²) in [6.45, 7) is 3.17. The number of thiocarbonyl (C=S) groups is 1. The maximum Gasteiger partial charge on any atom is 0.193 e. The van der Waals surface area contributed by atoms with E-state index in [1.54, 1.807) is 18.4 Å². The van der Waals surface area contributed by atoms with Crippen LogP contribution in [0.15, 0.2) is 17.8 Å². The molecule has 5 nitrogen and oxygen atoms in total. The van der Waals surface area contributed by atoms with Gasteiger partial charge in [-0.05, 0) is 0 Å². The van der Waals surface area contributed by atoms with Crippen molar-refractivity contribution < 1.29 is 4.74 Å². The molecule has 7 heteroatoms. The molecule has 0 atom stereocenters. The first-order valence-corrected chi connectivity index (χ1v) is 7.38. The van der Waals surface area contributed by atoms with Gasteiger partial charge in [0, 0.05) is 50.9 Å². The lowest BCUT2D eigenvalue weighted by atomic mass is 10.3. The van der Waals surface area contributed by atoms with E-state index >= 15 is 0 Å². The van der Waals surface area contributed by atoms with Gasteiger partial charge in [-0.25, -0.2) is 4.98 Å². The molecule has 2 N–H and O–H groups in total. The minimum atomic E-state index is 0.549. The third-order valence-corrected chi connectivity index (χ3v) is 3.79. The molecule has 2 aromatic heterocycles. The van der Waals surface area contributed by atoms with E-state index in [2.05, 4.69) is 16.1 Å². The third-order valence-electron chi connectivity index (χ3n) is 2.81. The van der Waals surface area contributed by atoms with E-state index in [4.69, 9.17) is 22.7 Å². The summed E-state index contributed by atoms with van der Waals surface area (Å²) in [7, 11) is 1.71. The van der Waals surface area contributed by atoms with Crippen LogP contribution in [0.25, 0.3) is 4.96 Å². The Balaban J connectivity index is 1.97. The lowest BCUT2D eigenvalue weighted by Gasteiger charge is -2.20. The summed E-state index contributed by atoms with van der Waals surface area (Å²) in [5.41, 5.74) is 6.62. The fourth-order valence-corrected chi connectivity index (χ4v) is 2.65. The molecule has 0 fully saturated rings. The third kappa shape index (κ3) is 4.24. The molecule has 2 heterocycles. The van der Waals surface area contributed by atoms with E-state index < -0.39 is 0 Å². The van der Waals surface area contributed by atoms with E-state index in [9.17, 15) is 0 Å². The second-order valence-corrected chi connectivity index (χ2v) is 5.71. The Kier molecular flexibility index (Phi) is 5.26. The van der Waals surface area contributed by atoms with Gasteiger partial charge in [0.05, 0.1) is 17.3 Å². The molecule has 0 unspecified atom stereocenters. The van der Waals surface area contributed by atoms with Gasteiger partial charge < -0.3 is 10.5 Å². The summed E-state index contributed by atoms with van der Waals surface area (Å²) in [5, 5.41) is 2.03. The number of rotatable bonds is 8. The first-order chi connectivity index (χ1) is 9.19. The molecule has 0 aliphatic rings. The van der Waals surface area contributed by atoms with Crippen molar-refractivity contribution in [2.75, 3.05) is 26.8 Å². The number of imidazole rings is 1. The van der Waals surface area contributed by atoms with Gasteiger partial charge in [-0.2, -0.15) is 0 Å². The molecule has 0 bridgehead atoms. The Morgan fingerprint density at radius 3 is 3.11 bits per heavy atom. The average molecular weight is 298 g/mol. The minimum Gasteiger partial charge on any atom is -0.393 e. The predicted molar refractivity (Wildman–Crippen MR) is 81.6 cm³/mol. The van der Waals surface area contributed by atoms with Gasteiger partial charge in [0.2, 0.25) is 0 Å². The number of hydrogen-bond acceptors (Lipinski definition) is 5. The molecule has 104 valence electrons. The monoisotopic (exact) mass is 298 g/mol. The van der Waals surface area contributed by atoms with Crippen LogP contribution in [0.1, 0.15) is 12.1 Å². The largest absolute Gasteiger partial charge is 0.393 e. The van der Waals surface area contributed by atoms with Gasteiger partial charge >= 0.3 is 0 Å². The van der Waals surface area contributed by atoms with Crippen molar-refractivity contribution in [1.29, 1.82) is 0 Å². The molecule has 0 radical (unpaired) electrons. The van der Waals surface area contributed by atoms with Crippen molar-refractivity contribution in [2.24, 2.45) is 5.73 Å². The number of ether oxygens (including phenoxy) is 1. The lowest BCUT2D eigenvalue weighted by molar-refractivity contribution is 0.145. The molecule has 0 aromatic carbocycles. The second-order valence-electron chi connectivity index (χ2n) is 4.31. The summed E-state index contributed by atoms with van der Waals surface area (Å²) in [5.74, 6) is 0. The normalized spacial score (nSPS) is 11.5. The van der Waals surface area contributed by atoms with Crippen molar-refractivity contribution in [2.45, 2.75) is 13.0 Å². The van der Waals surface area contributed by atoms with Crippen LogP contribution >= 0.6 is 23.6 Å². The topological polar surface area (TPSA) is 55.8 Å². The van der Waals surface area contributed by atoms with Gasteiger partial charge in [0.25, 0.3) is 0 Å². The number of methoxy groups -OCH3 is 1. The fourth-order valence-electron chi connectivity index (χ4n) is 1.84. The minimum absolute atomic E-state index is 0.549. The summed E-state index contributed by atoms with van der Waals surface area (Å²) in [6, 6.07) is 0. The van der Waals surface area contributed by atoms with E-state index in [0.29, 0.717) is 11.6 Å². The molecule has 0 aliphatic heterocycles. The number of nitrogens with two attached hydrogens (primary N) is 1. The smallest absolute Gasteiger partial charge is 0.193 e. The van der Waals surface area contributed by atoms with Gasteiger partial charge in [0.1, 0.15) is 0 Å². The molecule has 0 amide bonds. The molecule has 0 saturated carbocycles. The highest BCUT2D eigenvalue weighted by atomic mass is 32.1. The zero-order valence-electron chi connectivity index (χ0n) is 10.9.